The van der Waals surface area contributed by atoms with Crippen LogP contribution in [0.3, 0.4) is 0 Å². The van der Waals surface area contributed by atoms with E-state index in [-0.39, 0.29) is 5.60 Å². The lowest BCUT2D eigenvalue weighted by Crippen LogP contribution is -2.46. The van der Waals surface area contributed by atoms with Crippen LogP contribution in [0.15, 0.2) is 4.99 Å². The van der Waals surface area contributed by atoms with E-state index in [2.05, 4.69) is 31.4 Å². The number of nitrogens with zero attached hydrogens (tertiary/aromatic N) is 1. The third-order valence-electron chi connectivity index (χ3n) is 5.49. The van der Waals surface area contributed by atoms with Crippen molar-refractivity contribution >= 4 is 5.96 Å². The lowest BCUT2D eigenvalue weighted by atomic mass is 9.83. The maximum absolute atomic E-state index is 5.87. The standard InChI is InChI=1S/C19H37N3O2/c1-4-20-17(21-15-18(3)9-8-13-24-18)22-16-19(10-6-7-11-19)12-14-23-5-2/h4-16H2,1-3H3,(H2,20,21,22). The third kappa shape index (κ3) is 5.92. The zero-order valence-corrected chi connectivity index (χ0v) is 16.0. The van der Waals surface area contributed by atoms with Gasteiger partial charge in [0, 0.05) is 39.5 Å². The predicted octanol–water partition coefficient (Wildman–Crippen LogP) is 3.10. The largest absolute Gasteiger partial charge is 0.382 e. The first-order valence-electron chi connectivity index (χ1n) is 9.85. The minimum Gasteiger partial charge on any atom is -0.382 e. The first kappa shape index (κ1) is 19.5. The molecule has 0 radical (unpaired) electrons. The molecule has 1 aliphatic carbocycles. The van der Waals surface area contributed by atoms with Gasteiger partial charge in [0.2, 0.25) is 0 Å². The smallest absolute Gasteiger partial charge is 0.191 e. The first-order chi connectivity index (χ1) is 11.6. The molecule has 2 fully saturated rings. The van der Waals surface area contributed by atoms with Crippen LogP contribution in [0, 0.1) is 5.41 Å². The van der Waals surface area contributed by atoms with E-state index in [0.717, 1.165) is 64.7 Å². The van der Waals surface area contributed by atoms with Gasteiger partial charge in [0.25, 0.3) is 0 Å². The molecule has 24 heavy (non-hydrogen) atoms. The molecular formula is C19H37N3O2. The van der Waals surface area contributed by atoms with Crippen LogP contribution in [0.25, 0.3) is 0 Å². The quantitative estimate of drug-likeness (QED) is 0.385. The van der Waals surface area contributed by atoms with Gasteiger partial charge in [-0.15, -0.1) is 0 Å². The summed E-state index contributed by atoms with van der Waals surface area (Å²) in [5.74, 6) is 0.928. The first-order valence-corrected chi connectivity index (χ1v) is 9.85. The fourth-order valence-electron chi connectivity index (χ4n) is 3.88. The number of hydrogen-bond donors (Lipinski definition) is 2. The Hall–Kier alpha value is -0.810. The molecule has 5 heteroatoms. The molecule has 0 bridgehead atoms. The van der Waals surface area contributed by atoms with Gasteiger partial charge in [-0.2, -0.15) is 0 Å². The Balaban J connectivity index is 1.89. The fraction of sp³-hybridized carbons (Fsp3) is 0.947. The maximum atomic E-state index is 5.87. The van der Waals surface area contributed by atoms with Crippen LogP contribution in [0.4, 0.5) is 0 Å². The van der Waals surface area contributed by atoms with Crippen LogP contribution in [0.1, 0.15) is 65.7 Å². The topological polar surface area (TPSA) is 54.9 Å². The number of hydrogen-bond acceptors (Lipinski definition) is 3. The summed E-state index contributed by atoms with van der Waals surface area (Å²) in [6, 6.07) is 0. The Labute approximate surface area is 148 Å². The van der Waals surface area contributed by atoms with E-state index in [4.69, 9.17) is 14.5 Å². The van der Waals surface area contributed by atoms with Gasteiger partial charge >= 0.3 is 0 Å². The summed E-state index contributed by atoms with van der Waals surface area (Å²) < 4.78 is 11.5. The average molecular weight is 340 g/mol. The maximum Gasteiger partial charge on any atom is 0.191 e. The van der Waals surface area contributed by atoms with Crippen LogP contribution < -0.4 is 10.6 Å². The Morgan fingerprint density at radius 2 is 1.92 bits per heavy atom. The van der Waals surface area contributed by atoms with Crippen molar-refractivity contribution in [3.8, 4) is 0 Å². The van der Waals surface area contributed by atoms with Crippen molar-refractivity contribution in [2.24, 2.45) is 10.4 Å². The predicted molar refractivity (Wildman–Crippen MR) is 99.6 cm³/mol. The molecule has 5 nitrogen and oxygen atoms in total. The summed E-state index contributed by atoms with van der Waals surface area (Å²) in [5.41, 5.74) is 0.293. The van der Waals surface area contributed by atoms with Gasteiger partial charge in [0.1, 0.15) is 0 Å². The summed E-state index contributed by atoms with van der Waals surface area (Å²) in [6.45, 7) is 11.5. The molecule has 2 N–H and O–H groups in total. The highest BCUT2D eigenvalue weighted by atomic mass is 16.5. The Morgan fingerprint density at radius 3 is 2.54 bits per heavy atom. The van der Waals surface area contributed by atoms with Crippen molar-refractivity contribution in [3.63, 3.8) is 0 Å². The van der Waals surface area contributed by atoms with Gasteiger partial charge in [-0.1, -0.05) is 12.8 Å². The average Bonchev–Trinajstić information content (AvgIpc) is 3.21. The normalized spacial score (nSPS) is 26.7. The lowest BCUT2D eigenvalue weighted by molar-refractivity contribution is 0.0242. The summed E-state index contributed by atoms with van der Waals surface area (Å²) >= 11 is 0. The molecule has 0 aromatic heterocycles. The molecule has 2 aliphatic rings. The zero-order valence-electron chi connectivity index (χ0n) is 16.0. The lowest BCUT2D eigenvalue weighted by Gasteiger charge is -2.28. The van der Waals surface area contributed by atoms with Crippen LogP contribution in [0.2, 0.25) is 0 Å². The summed E-state index contributed by atoms with van der Waals surface area (Å²) in [7, 11) is 0. The molecule has 140 valence electrons. The van der Waals surface area contributed by atoms with Gasteiger partial charge in [0.05, 0.1) is 5.60 Å². The second kappa shape index (κ2) is 9.62. The van der Waals surface area contributed by atoms with Gasteiger partial charge < -0.3 is 20.1 Å². The highest BCUT2D eigenvalue weighted by molar-refractivity contribution is 5.79. The molecule has 0 amide bonds. The van der Waals surface area contributed by atoms with Gasteiger partial charge in [0.15, 0.2) is 5.96 Å². The molecule has 1 saturated heterocycles. The summed E-state index contributed by atoms with van der Waals surface area (Å²) in [5, 5.41) is 6.88. The molecule has 0 aromatic rings. The number of guanidine groups is 1. The Bertz CT molecular complexity index is 386. The number of aliphatic imine (C=N–C) groups is 1. The fourth-order valence-corrected chi connectivity index (χ4v) is 3.88. The minimum absolute atomic E-state index is 0.0454. The number of rotatable bonds is 9. The number of ether oxygens (including phenoxy) is 2. The second-order valence-electron chi connectivity index (χ2n) is 7.60. The van der Waals surface area contributed by atoms with Gasteiger partial charge in [-0.05, 0) is 58.3 Å². The van der Waals surface area contributed by atoms with Crippen LogP contribution in [-0.4, -0.2) is 51.0 Å². The highest BCUT2D eigenvalue weighted by Crippen LogP contribution is 2.41. The van der Waals surface area contributed by atoms with E-state index in [9.17, 15) is 0 Å². The summed E-state index contributed by atoms with van der Waals surface area (Å²) in [4.78, 5) is 4.92. The molecule has 1 atom stereocenters. The second-order valence-corrected chi connectivity index (χ2v) is 7.60. The molecule has 1 aliphatic heterocycles. The van der Waals surface area contributed by atoms with E-state index < -0.39 is 0 Å². The van der Waals surface area contributed by atoms with Crippen molar-refractivity contribution in [3.05, 3.63) is 0 Å². The molecule has 2 rings (SSSR count). The Morgan fingerprint density at radius 1 is 1.12 bits per heavy atom. The Kier molecular flexibility index (Phi) is 7.82. The van der Waals surface area contributed by atoms with Crippen molar-refractivity contribution in [1.29, 1.82) is 0 Å². The molecule has 0 spiro atoms. The van der Waals surface area contributed by atoms with Crippen LogP contribution in [0.5, 0.6) is 0 Å². The van der Waals surface area contributed by atoms with Gasteiger partial charge in [-0.25, -0.2) is 0 Å². The number of nitrogens with one attached hydrogen (secondary N) is 2. The molecule has 1 heterocycles. The van der Waals surface area contributed by atoms with E-state index in [1.54, 1.807) is 0 Å². The molecular weight excluding hydrogens is 302 g/mol. The minimum atomic E-state index is -0.0454. The van der Waals surface area contributed by atoms with Crippen molar-refractivity contribution in [2.45, 2.75) is 71.3 Å². The molecule has 0 aromatic carbocycles. The summed E-state index contributed by atoms with van der Waals surface area (Å²) in [6.07, 6.45) is 8.64. The van der Waals surface area contributed by atoms with Crippen molar-refractivity contribution < 1.29 is 9.47 Å². The van der Waals surface area contributed by atoms with Crippen LogP contribution in [-0.2, 0) is 9.47 Å². The zero-order chi connectivity index (χ0) is 17.3. The van der Waals surface area contributed by atoms with Crippen molar-refractivity contribution in [2.75, 3.05) is 39.5 Å². The molecule has 1 saturated carbocycles. The van der Waals surface area contributed by atoms with E-state index in [1.807, 2.05) is 0 Å². The van der Waals surface area contributed by atoms with E-state index in [1.165, 1.54) is 25.7 Å². The monoisotopic (exact) mass is 339 g/mol. The molecule has 1 unspecified atom stereocenters. The third-order valence-corrected chi connectivity index (χ3v) is 5.49. The SMILES string of the molecule is CCNC(=NCC1(CCOCC)CCCC1)NCC1(C)CCCO1. The van der Waals surface area contributed by atoms with E-state index >= 15 is 0 Å². The van der Waals surface area contributed by atoms with Crippen LogP contribution >= 0.6 is 0 Å². The van der Waals surface area contributed by atoms with Gasteiger partial charge in [-0.3, -0.25) is 4.99 Å². The van der Waals surface area contributed by atoms with Crippen molar-refractivity contribution in [1.82, 2.24) is 10.6 Å². The van der Waals surface area contributed by atoms with E-state index in [0.29, 0.717) is 5.41 Å². The highest BCUT2D eigenvalue weighted by Gasteiger charge is 2.34.